The molecule has 2 aromatic heterocycles. The maximum Gasteiger partial charge on any atom is 0.274 e. The number of anilines is 1. The lowest BCUT2D eigenvalue weighted by atomic mass is 9.99. The highest BCUT2D eigenvalue weighted by molar-refractivity contribution is 6.19. The largest absolute Gasteiger partial charge is 0.497 e. The second kappa shape index (κ2) is 6.92. The number of carbonyl (C=O) groups is 2. The summed E-state index contributed by atoms with van der Waals surface area (Å²) in [6.45, 7) is 2.03. The van der Waals surface area contributed by atoms with Crippen LogP contribution < -0.4 is 9.64 Å². The monoisotopic (exact) mass is 421 g/mol. The Balaban J connectivity index is 1.59. The van der Waals surface area contributed by atoms with Crippen molar-refractivity contribution in [3.8, 4) is 5.75 Å². The predicted octanol–water partition coefficient (Wildman–Crippen LogP) is 4.84. The van der Waals surface area contributed by atoms with E-state index >= 15 is 0 Å². The molecule has 1 unspecified atom stereocenters. The molecule has 0 aliphatic carbocycles. The molecule has 0 fully saturated rings. The number of amides is 1. The molecule has 4 aromatic rings. The van der Waals surface area contributed by atoms with Gasteiger partial charge >= 0.3 is 0 Å². The minimum Gasteiger partial charge on any atom is -0.497 e. The Morgan fingerprint density at radius 3 is 2.60 bits per heavy atom. The summed E-state index contributed by atoms with van der Waals surface area (Å²) in [5.74, 6) is 0.989. The van der Waals surface area contributed by atoms with E-state index in [0.717, 1.165) is 38.8 Å². The molecule has 1 amide bonds. The van der Waals surface area contributed by atoms with Crippen LogP contribution in [0.1, 0.15) is 39.4 Å². The van der Waals surface area contributed by atoms with Gasteiger partial charge in [-0.25, -0.2) is 0 Å². The third kappa shape index (κ3) is 2.79. The zero-order valence-corrected chi connectivity index (χ0v) is 17.3. The van der Waals surface area contributed by atoms with Crippen molar-refractivity contribution in [2.75, 3.05) is 24.4 Å². The van der Waals surface area contributed by atoms with E-state index in [0.29, 0.717) is 23.8 Å². The van der Waals surface area contributed by atoms with Crippen LogP contribution in [-0.4, -0.2) is 41.2 Å². The molecule has 1 aliphatic rings. The van der Waals surface area contributed by atoms with Crippen LogP contribution in [0, 0.1) is 0 Å². The number of hydrogen-bond donors (Lipinski definition) is 2. The summed E-state index contributed by atoms with van der Waals surface area (Å²) < 4.78 is 5.28. The molecular formula is C23H20ClN3O3. The van der Waals surface area contributed by atoms with Gasteiger partial charge in [0.1, 0.15) is 11.4 Å². The second-order valence-corrected chi connectivity index (χ2v) is 7.91. The summed E-state index contributed by atoms with van der Waals surface area (Å²) in [5, 5.41) is 1.86. The van der Waals surface area contributed by atoms with E-state index in [-0.39, 0.29) is 17.6 Å². The minimum absolute atomic E-state index is 0.00519. The van der Waals surface area contributed by atoms with Crippen LogP contribution in [0.15, 0.2) is 42.5 Å². The number of halogens is 1. The summed E-state index contributed by atoms with van der Waals surface area (Å²) in [6, 6.07) is 13.2. The number of carbonyl (C=O) groups excluding carboxylic acids is 2. The second-order valence-electron chi connectivity index (χ2n) is 7.60. The van der Waals surface area contributed by atoms with E-state index in [4.69, 9.17) is 16.3 Å². The Labute approximate surface area is 177 Å². The summed E-state index contributed by atoms with van der Waals surface area (Å²) in [5.41, 5.74) is 4.67. The zero-order valence-electron chi connectivity index (χ0n) is 16.6. The highest BCUT2D eigenvalue weighted by atomic mass is 35.5. The Morgan fingerprint density at radius 2 is 1.87 bits per heavy atom. The van der Waals surface area contributed by atoms with E-state index in [2.05, 4.69) is 9.97 Å². The smallest absolute Gasteiger partial charge is 0.274 e. The average molecular weight is 422 g/mol. The summed E-state index contributed by atoms with van der Waals surface area (Å²) in [4.78, 5) is 33.4. The van der Waals surface area contributed by atoms with Crippen LogP contribution in [0.5, 0.6) is 5.75 Å². The summed E-state index contributed by atoms with van der Waals surface area (Å²) in [7, 11) is 1.62. The number of ether oxygens (including phenoxy) is 1. The third-order valence-electron chi connectivity index (χ3n) is 5.79. The van der Waals surface area contributed by atoms with Crippen LogP contribution in [-0.2, 0) is 0 Å². The first-order valence-corrected chi connectivity index (χ1v) is 10.2. The van der Waals surface area contributed by atoms with Crippen LogP contribution in [0.25, 0.3) is 21.8 Å². The lowest BCUT2D eigenvalue weighted by Gasteiger charge is -2.16. The number of aromatic amines is 2. The zero-order chi connectivity index (χ0) is 21.0. The molecule has 0 spiro atoms. The van der Waals surface area contributed by atoms with E-state index in [1.165, 1.54) is 6.92 Å². The number of hydrogen-bond acceptors (Lipinski definition) is 3. The number of Topliss-reactive ketones (excluding diaryl/α,β-unsaturated/α-hetero) is 1. The van der Waals surface area contributed by atoms with E-state index in [9.17, 15) is 9.59 Å². The highest BCUT2D eigenvalue weighted by Crippen LogP contribution is 2.42. The van der Waals surface area contributed by atoms with Crippen LogP contribution >= 0.6 is 11.6 Å². The first-order valence-electron chi connectivity index (χ1n) is 9.71. The lowest BCUT2D eigenvalue weighted by molar-refractivity contribution is 0.0982. The van der Waals surface area contributed by atoms with Gasteiger partial charge in [-0.05, 0) is 48.0 Å². The van der Waals surface area contributed by atoms with Gasteiger partial charge in [0.2, 0.25) is 0 Å². The molecule has 7 heteroatoms. The van der Waals surface area contributed by atoms with E-state index in [1.807, 2.05) is 42.5 Å². The fraction of sp³-hybridized carbons (Fsp3) is 0.217. The van der Waals surface area contributed by atoms with Crippen molar-refractivity contribution in [3.05, 3.63) is 59.4 Å². The van der Waals surface area contributed by atoms with Crippen molar-refractivity contribution in [3.63, 3.8) is 0 Å². The van der Waals surface area contributed by atoms with Gasteiger partial charge in [-0.1, -0.05) is 0 Å². The van der Waals surface area contributed by atoms with Crippen molar-refractivity contribution >= 4 is 50.8 Å². The van der Waals surface area contributed by atoms with Crippen molar-refractivity contribution in [1.29, 1.82) is 0 Å². The summed E-state index contributed by atoms with van der Waals surface area (Å²) >= 11 is 6.28. The number of nitrogens with zero attached hydrogens (tertiary/aromatic N) is 1. The predicted molar refractivity (Wildman–Crippen MR) is 118 cm³/mol. The Kier molecular flexibility index (Phi) is 4.33. The molecular weight excluding hydrogens is 402 g/mol. The number of aromatic nitrogens is 2. The number of ketones is 1. The molecule has 0 bridgehead atoms. The maximum atomic E-state index is 13.4. The number of H-pyrrole nitrogens is 2. The first kappa shape index (κ1) is 18.8. The van der Waals surface area contributed by atoms with Gasteiger partial charge in [0.15, 0.2) is 5.78 Å². The molecule has 152 valence electrons. The van der Waals surface area contributed by atoms with Gasteiger partial charge in [-0.3, -0.25) is 9.59 Å². The van der Waals surface area contributed by atoms with Crippen LogP contribution in [0.4, 0.5) is 5.69 Å². The minimum atomic E-state index is -0.110. The quantitative estimate of drug-likeness (QED) is 0.365. The number of rotatable bonds is 4. The molecule has 2 N–H and O–H groups in total. The Hall–Kier alpha value is -3.25. The molecule has 0 radical (unpaired) electrons. The van der Waals surface area contributed by atoms with Gasteiger partial charge in [-0.15, -0.1) is 11.6 Å². The number of fused-ring (bicyclic) bond motifs is 4. The van der Waals surface area contributed by atoms with Gasteiger partial charge in [0.25, 0.3) is 5.91 Å². The number of methoxy groups -OCH3 is 1. The van der Waals surface area contributed by atoms with Gasteiger partial charge in [0, 0.05) is 52.8 Å². The normalized spacial score (nSPS) is 15.7. The molecule has 0 saturated heterocycles. The number of benzene rings is 2. The molecule has 0 saturated carbocycles. The molecule has 5 rings (SSSR count). The Bertz CT molecular complexity index is 1320. The van der Waals surface area contributed by atoms with Gasteiger partial charge < -0.3 is 19.6 Å². The van der Waals surface area contributed by atoms with Gasteiger partial charge in [-0.2, -0.15) is 0 Å². The maximum absolute atomic E-state index is 13.4. The standard InChI is InChI=1S/C23H20ClN3O3/c1-12(28)19-9-16-18(26-19)5-6-21-22(16)14(10-24)11-27(21)23(29)20-8-13-7-15(30-2)3-4-17(13)25-20/h3-9,14,25-26H,10-11H2,1-2H3. The fourth-order valence-electron chi connectivity index (χ4n) is 4.30. The molecule has 1 aliphatic heterocycles. The van der Waals surface area contributed by atoms with Crippen LogP contribution in [0.3, 0.4) is 0 Å². The number of nitrogens with one attached hydrogen (secondary N) is 2. The average Bonchev–Trinajstić information content (AvgIpc) is 3.45. The third-order valence-corrected chi connectivity index (χ3v) is 6.17. The van der Waals surface area contributed by atoms with E-state index in [1.54, 1.807) is 12.0 Å². The SMILES string of the molecule is COc1ccc2[nH]c(C(=O)N3CC(CCl)c4c3ccc3[nH]c(C(C)=O)cc43)cc2c1. The van der Waals surface area contributed by atoms with Gasteiger partial charge in [0.05, 0.1) is 12.8 Å². The Morgan fingerprint density at radius 1 is 1.10 bits per heavy atom. The number of alkyl halides is 1. The molecule has 1 atom stereocenters. The van der Waals surface area contributed by atoms with Crippen molar-refractivity contribution < 1.29 is 14.3 Å². The molecule has 3 heterocycles. The lowest BCUT2D eigenvalue weighted by Crippen LogP contribution is -2.30. The van der Waals surface area contributed by atoms with Crippen LogP contribution in [0.2, 0.25) is 0 Å². The van der Waals surface area contributed by atoms with E-state index < -0.39 is 0 Å². The topological polar surface area (TPSA) is 78.2 Å². The molecule has 30 heavy (non-hydrogen) atoms. The van der Waals surface area contributed by atoms with Crippen molar-refractivity contribution in [2.45, 2.75) is 12.8 Å². The molecule has 6 nitrogen and oxygen atoms in total. The summed E-state index contributed by atoms with van der Waals surface area (Å²) in [6.07, 6.45) is 0. The highest BCUT2D eigenvalue weighted by Gasteiger charge is 2.35. The fourth-order valence-corrected chi connectivity index (χ4v) is 4.55. The van der Waals surface area contributed by atoms with Crippen molar-refractivity contribution in [2.24, 2.45) is 0 Å². The van der Waals surface area contributed by atoms with Crippen molar-refractivity contribution in [1.82, 2.24) is 9.97 Å². The first-order chi connectivity index (χ1) is 14.5. The molecule has 2 aromatic carbocycles.